The van der Waals surface area contributed by atoms with Gasteiger partial charge in [0.2, 0.25) is 0 Å². The summed E-state index contributed by atoms with van der Waals surface area (Å²) in [7, 11) is 0. The number of nitrogens with one attached hydrogen (secondary N) is 1. The molecule has 0 unspecified atom stereocenters. The fourth-order valence-electron chi connectivity index (χ4n) is 2.61. The fraction of sp³-hybridized carbons (Fsp3) is 0.625. The van der Waals surface area contributed by atoms with E-state index in [1.807, 2.05) is 0 Å². The molecular formula is C16H26N2O. The molecule has 1 aliphatic rings. The second-order valence-corrected chi connectivity index (χ2v) is 5.61. The summed E-state index contributed by atoms with van der Waals surface area (Å²) in [6.07, 6.45) is 0. The van der Waals surface area contributed by atoms with Gasteiger partial charge < -0.3 is 10.1 Å². The Morgan fingerprint density at radius 3 is 2.63 bits per heavy atom. The largest absolute Gasteiger partial charge is 0.492 e. The molecule has 0 aliphatic carbocycles. The van der Waals surface area contributed by atoms with Crippen molar-refractivity contribution in [2.75, 3.05) is 39.3 Å². The number of benzene rings is 1. The van der Waals surface area contributed by atoms with Crippen molar-refractivity contribution < 1.29 is 4.74 Å². The summed E-state index contributed by atoms with van der Waals surface area (Å²) in [5.74, 6) is 1.58. The predicted octanol–water partition coefficient (Wildman–Crippen LogP) is 2.40. The smallest absolute Gasteiger partial charge is 0.119 e. The molecule has 0 aromatic heterocycles. The Morgan fingerprint density at radius 2 is 2.00 bits per heavy atom. The summed E-state index contributed by atoms with van der Waals surface area (Å²) in [6.45, 7) is 12.9. The molecule has 1 aromatic rings. The van der Waals surface area contributed by atoms with Gasteiger partial charge in [-0.2, -0.15) is 0 Å². The standard InChI is InChI=1S/C16H26N2O/c1-13(2)16-5-4-15(12-14(16)3)19-11-10-18-8-6-17-7-9-18/h4-5,12-13,17H,6-11H2,1-3H3. The maximum atomic E-state index is 5.86. The van der Waals surface area contributed by atoms with Gasteiger partial charge in [0.15, 0.2) is 0 Å². The predicted molar refractivity (Wildman–Crippen MR) is 80.1 cm³/mol. The molecule has 1 saturated heterocycles. The van der Waals surface area contributed by atoms with Gasteiger partial charge in [-0.25, -0.2) is 0 Å². The Kier molecular flexibility index (Phi) is 5.23. The molecular weight excluding hydrogens is 236 g/mol. The van der Waals surface area contributed by atoms with Gasteiger partial charge in [-0.05, 0) is 36.1 Å². The highest BCUT2D eigenvalue weighted by molar-refractivity contribution is 5.36. The first kappa shape index (κ1) is 14.4. The molecule has 1 aromatic carbocycles. The van der Waals surface area contributed by atoms with Crippen molar-refractivity contribution in [1.82, 2.24) is 10.2 Å². The molecule has 1 fully saturated rings. The lowest BCUT2D eigenvalue weighted by molar-refractivity contribution is 0.191. The van der Waals surface area contributed by atoms with Crippen LogP contribution in [-0.2, 0) is 0 Å². The second-order valence-electron chi connectivity index (χ2n) is 5.61. The van der Waals surface area contributed by atoms with E-state index in [1.165, 1.54) is 11.1 Å². The van der Waals surface area contributed by atoms with Gasteiger partial charge in [0.25, 0.3) is 0 Å². The first-order valence-electron chi connectivity index (χ1n) is 7.33. The van der Waals surface area contributed by atoms with E-state index in [-0.39, 0.29) is 0 Å². The van der Waals surface area contributed by atoms with Crippen molar-refractivity contribution in [1.29, 1.82) is 0 Å². The minimum absolute atomic E-state index is 0.579. The SMILES string of the molecule is Cc1cc(OCCN2CCNCC2)ccc1C(C)C. The molecule has 2 rings (SSSR count). The summed E-state index contributed by atoms with van der Waals surface area (Å²) < 4.78 is 5.86. The zero-order valence-electron chi connectivity index (χ0n) is 12.4. The number of ether oxygens (including phenoxy) is 1. The van der Waals surface area contributed by atoms with Crippen LogP contribution >= 0.6 is 0 Å². The molecule has 0 radical (unpaired) electrons. The molecule has 1 aliphatic heterocycles. The van der Waals surface area contributed by atoms with Crippen LogP contribution in [0.3, 0.4) is 0 Å². The van der Waals surface area contributed by atoms with Gasteiger partial charge in [0, 0.05) is 32.7 Å². The van der Waals surface area contributed by atoms with E-state index in [1.54, 1.807) is 0 Å². The lowest BCUT2D eigenvalue weighted by atomic mass is 9.98. The van der Waals surface area contributed by atoms with E-state index >= 15 is 0 Å². The number of hydrogen-bond donors (Lipinski definition) is 1. The molecule has 0 spiro atoms. The number of aryl methyl sites for hydroxylation is 1. The van der Waals surface area contributed by atoms with Crippen LogP contribution < -0.4 is 10.1 Å². The van der Waals surface area contributed by atoms with Crippen LogP contribution in [0.5, 0.6) is 5.75 Å². The lowest BCUT2D eigenvalue weighted by Gasteiger charge is -2.27. The van der Waals surface area contributed by atoms with Crippen LogP contribution in [0.2, 0.25) is 0 Å². The third kappa shape index (κ3) is 4.22. The van der Waals surface area contributed by atoms with Gasteiger partial charge >= 0.3 is 0 Å². The number of rotatable bonds is 5. The average molecular weight is 262 g/mol. The Labute approximate surface area is 116 Å². The van der Waals surface area contributed by atoms with Crippen molar-refractivity contribution in [3.8, 4) is 5.75 Å². The Bertz CT molecular complexity index is 398. The van der Waals surface area contributed by atoms with E-state index in [9.17, 15) is 0 Å². The van der Waals surface area contributed by atoms with E-state index in [0.717, 1.165) is 45.1 Å². The third-order valence-corrected chi connectivity index (χ3v) is 3.75. The average Bonchev–Trinajstić information content (AvgIpc) is 2.39. The van der Waals surface area contributed by atoms with Crippen molar-refractivity contribution in [3.63, 3.8) is 0 Å². The van der Waals surface area contributed by atoms with E-state index < -0.39 is 0 Å². The van der Waals surface area contributed by atoms with Crippen molar-refractivity contribution in [3.05, 3.63) is 29.3 Å². The second kappa shape index (κ2) is 6.92. The highest BCUT2D eigenvalue weighted by Crippen LogP contribution is 2.23. The Balaban J connectivity index is 1.81. The van der Waals surface area contributed by atoms with Crippen molar-refractivity contribution >= 4 is 0 Å². The minimum Gasteiger partial charge on any atom is -0.492 e. The number of piperazine rings is 1. The Morgan fingerprint density at radius 1 is 1.26 bits per heavy atom. The van der Waals surface area contributed by atoms with E-state index in [4.69, 9.17) is 4.74 Å². The summed E-state index contributed by atoms with van der Waals surface area (Å²) in [5, 5.41) is 3.36. The molecule has 0 atom stereocenters. The van der Waals surface area contributed by atoms with Crippen molar-refractivity contribution in [2.45, 2.75) is 26.7 Å². The summed E-state index contributed by atoms with van der Waals surface area (Å²) in [4.78, 5) is 2.45. The van der Waals surface area contributed by atoms with Crippen molar-refractivity contribution in [2.24, 2.45) is 0 Å². The van der Waals surface area contributed by atoms with Crippen LogP contribution in [0.15, 0.2) is 18.2 Å². The lowest BCUT2D eigenvalue weighted by Crippen LogP contribution is -2.44. The summed E-state index contributed by atoms with van der Waals surface area (Å²) in [5.41, 5.74) is 2.74. The maximum Gasteiger partial charge on any atom is 0.119 e. The molecule has 1 N–H and O–H groups in total. The molecule has 106 valence electrons. The molecule has 3 nitrogen and oxygen atoms in total. The van der Waals surface area contributed by atoms with Crippen LogP contribution in [0, 0.1) is 6.92 Å². The highest BCUT2D eigenvalue weighted by atomic mass is 16.5. The normalized spacial score (nSPS) is 16.8. The molecule has 0 bridgehead atoms. The topological polar surface area (TPSA) is 24.5 Å². The van der Waals surface area contributed by atoms with Gasteiger partial charge in [-0.3, -0.25) is 4.90 Å². The van der Waals surface area contributed by atoms with Crippen LogP contribution in [0.1, 0.15) is 30.9 Å². The van der Waals surface area contributed by atoms with Gasteiger partial charge in [0.05, 0.1) is 0 Å². The van der Waals surface area contributed by atoms with Gasteiger partial charge in [-0.15, -0.1) is 0 Å². The van der Waals surface area contributed by atoms with Crippen LogP contribution in [0.25, 0.3) is 0 Å². The Hall–Kier alpha value is -1.06. The van der Waals surface area contributed by atoms with Crippen LogP contribution in [-0.4, -0.2) is 44.2 Å². The molecule has 3 heteroatoms. The van der Waals surface area contributed by atoms with Gasteiger partial charge in [-0.1, -0.05) is 19.9 Å². The minimum atomic E-state index is 0.579. The first-order chi connectivity index (χ1) is 9.16. The summed E-state index contributed by atoms with van der Waals surface area (Å²) in [6, 6.07) is 6.45. The molecule has 0 saturated carbocycles. The monoisotopic (exact) mass is 262 g/mol. The number of nitrogens with zero attached hydrogens (tertiary/aromatic N) is 1. The van der Waals surface area contributed by atoms with Crippen LogP contribution in [0.4, 0.5) is 0 Å². The summed E-state index contributed by atoms with van der Waals surface area (Å²) >= 11 is 0. The van der Waals surface area contributed by atoms with E-state index in [2.05, 4.69) is 49.2 Å². The zero-order valence-corrected chi connectivity index (χ0v) is 12.4. The van der Waals surface area contributed by atoms with E-state index in [0.29, 0.717) is 5.92 Å². The fourth-order valence-corrected chi connectivity index (χ4v) is 2.61. The molecule has 1 heterocycles. The zero-order chi connectivity index (χ0) is 13.7. The number of hydrogen-bond acceptors (Lipinski definition) is 3. The first-order valence-corrected chi connectivity index (χ1v) is 7.33. The molecule has 19 heavy (non-hydrogen) atoms. The highest BCUT2D eigenvalue weighted by Gasteiger charge is 2.09. The maximum absolute atomic E-state index is 5.86. The third-order valence-electron chi connectivity index (χ3n) is 3.75. The van der Waals surface area contributed by atoms with Gasteiger partial charge in [0.1, 0.15) is 12.4 Å². The molecule has 0 amide bonds. The quantitative estimate of drug-likeness (QED) is 0.882.